The molecule has 0 spiro atoms. The highest BCUT2D eigenvalue weighted by Crippen LogP contribution is 2.56. The van der Waals surface area contributed by atoms with Crippen molar-refractivity contribution >= 4 is 52.6 Å². The Balaban J connectivity index is 1.24. The van der Waals surface area contributed by atoms with E-state index in [1.807, 2.05) is 0 Å². The summed E-state index contributed by atoms with van der Waals surface area (Å²) in [6, 6.07) is 4.59. The van der Waals surface area contributed by atoms with Gasteiger partial charge in [-0.15, -0.1) is 0 Å². The summed E-state index contributed by atoms with van der Waals surface area (Å²) in [6.45, 7) is -0.497. The maximum Gasteiger partial charge on any atom is 0.308 e. The topological polar surface area (TPSA) is 92.8 Å². The number of hydrogen-bond donors (Lipinski definition) is 1. The molecule has 9 heteroatoms. The number of benzene rings is 1. The van der Waals surface area contributed by atoms with E-state index in [0.717, 1.165) is 19.3 Å². The number of nitrogens with one attached hydrogen (secondary N) is 1. The lowest BCUT2D eigenvalue weighted by Crippen LogP contribution is -2.35. The minimum atomic E-state index is -0.650. The van der Waals surface area contributed by atoms with Crippen molar-refractivity contribution in [1.82, 2.24) is 4.90 Å². The fourth-order valence-corrected chi connectivity index (χ4v) is 5.35. The molecule has 3 amide bonds. The zero-order valence-corrected chi connectivity index (χ0v) is 17.0. The van der Waals surface area contributed by atoms with E-state index in [1.54, 1.807) is 12.1 Å². The molecule has 1 aromatic rings. The van der Waals surface area contributed by atoms with Crippen LogP contribution in [0.15, 0.2) is 18.2 Å². The number of carbonyl (C=O) groups is 4. The molecule has 4 atom stereocenters. The number of amides is 3. The molecule has 3 aliphatic rings. The van der Waals surface area contributed by atoms with Crippen LogP contribution in [0.1, 0.15) is 25.7 Å². The number of halogens is 2. The standard InChI is InChI=1S/C20H20Cl2N2O5/c21-12-3-4-14(13(22)8-12)23-15(25)9-29-16(26)5-6-24-19(27)17-10-1-2-11(7-10)18(17)20(24)28/h3-4,8,10-11,17-18H,1-2,5-7,9H2,(H,23,25)/t10-,11-,17-,18+/m0/s1. The Labute approximate surface area is 177 Å². The molecule has 154 valence electrons. The zero-order chi connectivity index (χ0) is 20.7. The molecule has 1 heterocycles. The molecular weight excluding hydrogens is 419 g/mol. The molecule has 1 N–H and O–H groups in total. The van der Waals surface area contributed by atoms with Crippen molar-refractivity contribution in [2.75, 3.05) is 18.5 Å². The second kappa shape index (κ2) is 7.95. The Morgan fingerprint density at radius 1 is 1.10 bits per heavy atom. The van der Waals surface area contributed by atoms with E-state index in [-0.39, 0.29) is 41.6 Å². The number of nitrogens with zero attached hydrogens (tertiary/aromatic N) is 1. The summed E-state index contributed by atoms with van der Waals surface area (Å²) in [4.78, 5) is 50.3. The second-order valence-electron chi connectivity index (χ2n) is 7.80. The molecule has 2 saturated carbocycles. The minimum Gasteiger partial charge on any atom is -0.456 e. The van der Waals surface area contributed by atoms with Gasteiger partial charge in [0.2, 0.25) is 11.8 Å². The van der Waals surface area contributed by atoms with E-state index in [1.165, 1.54) is 11.0 Å². The first-order chi connectivity index (χ1) is 13.8. The van der Waals surface area contributed by atoms with Crippen molar-refractivity contribution in [3.05, 3.63) is 28.2 Å². The Kier molecular flexibility index (Phi) is 5.53. The van der Waals surface area contributed by atoms with Crippen molar-refractivity contribution in [3.8, 4) is 0 Å². The molecule has 0 unspecified atom stereocenters. The van der Waals surface area contributed by atoms with Gasteiger partial charge < -0.3 is 10.1 Å². The molecule has 2 aliphatic carbocycles. The molecular formula is C20H20Cl2N2O5. The highest BCUT2D eigenvalue weighted by molar-refractivity contribution is 6.36. The number of hydrogen-bond acceptors (Lipinski definition) is 5. The third-order valence-corrected chi connectivity index (χ3v) is 6.68. The summed E-state index contributed by atoms with van der Waals surface area (Å²) in [5.74, 6) is -1.31. The predicted molar refractivity (Wildman–Crippen MR) is 105 cm³/mol. The van der Waals surface area contributed by atoms with Gasteiger partial charge in [-0.05, 0) is 49.3 Å². The summed E-state index contributed by atoms with van der Waals surface area (Å²) < 4.78 is 4.95. The molecule has 2 bridgehead atoms. The lowest BCUT2D eigenvalue weighted by Gasteiger charge is -2.19. The van der Waals surface area contributed by atoms with Crippen molar-refractivity contribution in [3.63, 3.8) is 0 Å². The minimum absolute atomic E-state index is 0.00638. The van der Waals surface area contributed by atoms with Crippen LogP contribution in [0.3, 0.4) is 0 Å². The second-order valence-corrected chi connectivity index (χ2v) is 8.64. The molecule has 1 aliphatic heterocycles. The number of imide groups is 1. The van der Waals surface area contributed by atoms with Gasteiger partial charge in [0.05, 0.1) is 29.0 Å². The van der Waals surface area contributed by atoms with Crippen LogP contribution in [0.5, 0.6) is 0 Å². The zero-order valence-electron chi connectivity index (χ0n) is 15.5. The predicted octanol–water partition coefficient (Wildman–Crippen LogP) is 2.90. The highest BCUT2D eigenvalue weighted by atomic mass is 35.5. The van der Waals surface area contributed by atoms with Gasteiger partial charge in [-0.2, -0.15) is 0 Å². The monoisotopic (exact) mass is 438 g/mol. The van der Waals surface area contributed by atoms with Gasteiger partial charge in [-0.1, -0.05) is 23.2 Å². The van der Waals surface area contributed by atoms with Gasteiger partial charge >= 0.3 is 5.97 Å². The number of likely N-dealkylation sites (tertiary alicyclic amines) is 1. The smallest absolute Gasteiger partial charge is 0.308 e. The molecule has 0 aromatic heterocycles. The molecule has 0 radical (unpaired) electrons. The fraction of sp³-hybridized carbons (Fsp3) is 0.500. The summed E-state index contributed by atoms with van der Waals surface area (Å²) in [7, 11) is 0. The molecule has 7 nitrogen and oxygen atoms in total. The van der Waals surface area contributed by atoms with Crippen molar-refractivity contribution < 1.29 is 23.9 Å². The van der Waals surface area contributed by atoms with Crippen molar-refractivity contribution in [2.24, 2.45) is 23.7 Å². The molecule has 29 heavy (non-hydrogen) atoms. The Hall–Kier alpha value is -2.12. The maximum absolute atomic E-state index is 12.6. The molecule has 4 rings (SSSR count). The van der Waals surface area contributed by atoms with Crippen LogP contribution in [0, 0.1) is 23.7 Å². The third-order valence-electron chi connectivity index (χ3n) is 6.13. The molecule has 1 saturated heterocycles. The van der Waals surface area contributed by atoms with Gasteiger partial charge in [0.15, 0.2) is 6.61 Å². The van der Waals surface area contributed by atoms with E-state index in [0.29, 0.717) is 22.5 Å². The SMILES string of the molecule is O=C(COC(=O)CCN1C(=O)[C@@H]2[C@H]3CC[C@@H](C3)[C@@H]2C1=O)Nc1ccc(Cl)cc1Cl. The first kappa shape index (κ1) is 20.2. The lowest BCUT2D eigenvalue weighted by atomic mass is 9.81. The van der Waals surface area contributed by atoms with Gasteiger partial charge in [-0.25, -0.2) is 0 Å². The Bertz CT molecular complexity index is 862. The average Bonchev–Trinajstić information content (AvgIpc) is 3.35. The van der Waals surface area contributed by atoms with Crippen molar-refractivity contribution in [1.29, 1.82) is 0 Å². The number of esters is 1. The number of ether oxygens (including phenoxy) is 1. The lowest BCUT2D eigenvalue weighted by molar-refractivity contribution is -0.149. The van der Waals surface area contributed by atoms with Crippen LogP contribution >= 0.6 is 23.2 Å². The normalized spacial score (nSPS) is 27.3. The van der Waals surface area contributed by atoms with Gasteiger partial charge in [0.25, 0.3) is 5.91 Å². The first-order valence-corrected chi connectivity index (χ1v) is 10.4. The summed E-state index contributed by atoms with van der Waals surface area (Å²) in [5.41, 5.74) is 0.353. The van der Waals surface area contributed by atoms with Crippen LogP contribution in [0.2, 0.25) is 10.0 Å². The van der Waals surface area contributed by atoms with E-state index in [2.05, 4.69) is 5.32 Å². The van der Waals surface area contributed by atoms with Crippen LogP contribution < -0.4 is 5.32 Å². The quantitative estimate of drug-likeness (QED) is 0.544. The van der Waals surface area contributed by atoms with Gasteiger partial charge in [0.1, 0.15) is 0 Å². The van der Waals surface area contributed by atoms with E-state index in [9.17, 15) is 19.2 Å². The molecule has 3 fully saturated rings. The number of fused-ring (bicyclic) bond motifs is 5. The summed E-state index contributed by atoms with van der Waals surface area (Å²) in [5, 5.41) is 3.22. The third kappa shape index (κ3) is 3.85. The van der Waals surface area contributed by atoms with Crippen LogP contribution in [0.4, 0.5) is 5.69 Å². The first-order valence-electron chi connectivity index (χ1n) is 9.61. The van der Waals surface area contributed by atoms with Gasteiger partial charge in [-0.3, -0.25) is 24.1 Å². The van der Waals surface area contributed by atoms with Gasteiger partial charge in [0, 0.05) is 11.6 Å². The Morgan fingerprint density at radius 3 is 2.38 bits per heavy atom. The summed E-state index contributed by atoms with van der Waals surface area (Å²) in [6.07, 6.45) is 2.84. The van der Waals surface area contributed by atoms with E-state index >= 15 is 0 Å². The van der Waals surface area contributed by atoms with E-state index in [4.69, 9.17) is 27.9 Å². The van der Waals surface area contributed by atoms with Crippen LogP contribution in [-0.2, 0) is 23.9 Å². The highest BCUT2D eigenvalue weighted by Gasteiger charge is 2.60. The molecule has 1 aromatic carbocycles. The number of anilines is 1. The van der Waals surface area contributed by atoms with Crippen molar-refractivity contribution in [2.45, 2.75) is 25.7 Å². The van der Waals surface area contributed by atoms with Crippen LogP contribution in [0.25, 0.3) is 0 Å². The fourth-order valence-electron chi connectivity index (χ4n) is 4.89. The maximum atomic E-state index is 12.6. The van der Waals surface area contributed by atoms with E-state index < -0.39 is 18.5 Å². The van der Waals surface area contributed by atoms with Crippen LogP contribution in [-0.4, -0.2) is 41.7 Å². The average molecular weight is 439 g/mol. The summed E-state index contributed by atoms with van der Waals surface area (Å²) >= 11 is 11.8. The number of carbonyl (C=O) groups excluding carboxylic acids is 4. The largest absolute Gasteiger partial charge is 0.456 e. The number of rotatable bonds is 6. The Morgan fingerprint density at radius 2 is 1.76 bits per heavy atom.